The van der Waals surface area contributed by atoms with Crippen molar-refractivity contribution in [2.24, 2.45) is 5.92 Å². The summed E-state index contributed by atoms with van der Waals surface area (Å²) in [6, 6.07) is 15.3. The van der Waals surface area contributed by atoms with E-state index in [0.717, 1.165) is 23.9 Å². The summed E-state index contributed by atoms with van der Waals surface area (Å²) in [4.78, 5) is 4.22. The van der Waals surface area contributed by atoms with Crippen LogP contribution in [0.25, 0.3) is 22.5 Å². The van der Waals surface area contributed by atoms with Gasteiger partial charge in [0.05, 0.1) is 6.54 Å². The van der Waals surface area contributed by atoms with Crippen molar-refractivity contribution in [3.05, 3.63) is 59.9 Å². The highest BCUT2D eigenvalue weighted by atomic mass is 15.2. The second kappa shape index (κ2) is 8.08. The Morgan fingerprint density at radius 2 is 1.80 bits per heavy atom. The predicted molar refractivity (Wildman–Crippen MR) is 102 cm³/mol. The van der Waals surface area contributed by atoms with E-state index in [-0.39, 0.29) is 0 Å². The van der Waals surface area contributed by atoms with Gasteiger partial charge in [-0.05, 0) is 42.0 Å². The number of nitrogens with two attached hydrogens (primary N) is 1. The molecule has 0 bridgehead atoms. The zero-order chi connectivity index (χ0) is 17.6. The minimum Gasteiger partial charge on any atom is -0.342 e. The van der Waals surface area contributed by atoms with Crippen molar-refractivity contribution in [1.29, 1.82) is 0 Å². The Morgan fingerprint density at radius 3 is 2.44 bits per heavy atom. The summed E-state index contributed by atoms with van der Waals surface area (Å²) in [5.74, 6) is 1.59. The van der Waals surface area contributed by atoms with Crippen LogP contribution in [0.15, 0.2) is 48.8 Å². The van der Waals surface area contributed by atoms with Crippen molar-refractivity contribution in [1.82, 2.24) is 15.2 Å². The zero-order valence-electron chi connectivity index (χ0n) is 15.3. The summed E-state index contributed by atoms with van der Waals surface area (Å²) in [5, 5.41) is 9.23. The quantitative estimate of drug-likeness (QED) is 0.649. The van der Waals surface area contributed by atoms with Crippen molar-refractivity contribution in [3.8, 4) is 22.5 Å². The lowest BCUT2D eigenvalue weighted by atomic mass is 9.97. The lowest BCUT2D eigenvalue weighted by Crippen LogP contribution is -2.82. The largest absolute Gasteiger partial charge is 0.342 e. The van der Waals surface area contributed by atoms with Gasteiger partial charge in [-0.15, -0.1) is 0 Å². The minimum absolute atomic E-state index is 0.779. The molecule has 4 heteroatoms. The Balaban J connectivity index is 1.68. The molecule has 4 nitrogen and oxygen atoms in total. The number of nitrogens with zero attached hydrogens (tertiary/aromatic N) is 2. The first-order chi connectivity index (χ1) is 12.1. The molecule has 1 aromatic heterocycles. The molecule has 1 heterocycles. The molecule has 0 fully saturated rings. The van der Waals surface area contributed by atoms with Gasteiger partial charge in [0, 0.05) is 11.1 Å². The highest BCUT2D eigenvalue weighted by molar-refractivity contribution is 5.71. The molecule has 0 aliphatic carbocycles. The molecular weight excluding hydrogens is 308 g/mol. The first-order valence-electron chi connectivity index (χ1n) is 9.01. The molecule has 3 N–H and O–H groups in total. The zero-order valence-corrected chi connectivity index (χ0v) is 15.3. The second-order valence-electron chi connectivity index (χ2n) is 7.02. The summed E-state index contributed by atoms with van der Waals surface area (Å²) in [5.41, 5.74) is 6.20. The van der Waals surface area contributed by atoms with Crippen LogP contribution in [0, 0.1) is 12.8 Å². The smallest absolute Gasteiger partial charge is 0.155 e. The second-order valence-corrected chi connectivity index (χ2v) is 7.02. The molecule has 130 valence electrons. The molecule has 2 aromatic carbocycles. The topological polar surface area (TPSA) is 58.2 Å². The molecule has 0 saturated heterocycles. The number of benzene rings is 2. The Labute approximate surface area is 149 Å². The third-order valence-corrected chi connectivity index (χ3v) is 4.51. The average molecular weight is 335 g/mol. The maximum absolute atomic E-state index is 4.22. The van der Waals surface area contributed by atoms with E-state index in [1.165, 1.54) is 41.5 Å². The van der Waals surface area contributed by atoms with E-state index in [1.807, 2.05) is 0 Å². The van der Waals surface area contributed by atoms with Crippen LogP contribution in [0.4, 0.5) is 0 Å². The van der Waals surface area contributed by atoms with Gasteiger partial charge in [-0.2, -0.15) is 5.10 Å². The normalized spacial score (nSPS) is 11.2. The molecule has 0 amide bonds. The number of hydrogen-bond donors (Lipinski definition) is 2. The molecule has 0 spiro atoms. The van der Waals surface area contributed by atoms with Crippen molar-refractivity contribution in [3.63, 3.8) is 0 Å². The van der Waals surface area contributed by atoms with Crippen LogP contribution >= 0.6 is 0 Å². The molecule has 0 aliphatic rings. The Hall–Kier alpha value is -2.46. The van der Waals surface area contributed by atoms with Gasteiger partial charge in [0.1, 0.15) is 12.9 Å². The Morgan fingerprint density at radius 1 is 1.04 bits per heavy atom. The maximum Gasteiger partial charge on any atom is 0.155 e. The van der Waals surface area contributed by atoms with E-state index in [1.54, 1.807) is 0 Å². The first-order valence-corrected chi connectivity index (χ1v) is 9.01. The van der Waals surface area contributed by atoms with Gasteiger partial charge >= 0.3 is 0 Å². The average Bonchev–Trinajstić information content (AvgIpc) is 3.14. The van der Waals surface area contributed by atoms with E-state index in [4.69, 9.17) is 0 Å². The molecular formula is C21H27N4+. The fraction of sp³-hybridized carbons (Fsp3) is 0.333. The van der Waals surface area contributed by atoms with Gasteiger partial charge in [0.25, 0.3) is 0 Å². The van der Waals surface area contributed by atoms with Gasteiger partial charge in [-0.25, -0.2) is 4.98 Å². The van der Waals surface area contributed by atoms with E-state index < -0.39 is 0 Å². The molecule has 3 rings (SSSR count). The number of hydrogen-bond acceptors (Lipinski definition) is 2. The molecule has 0 unspecified atom stereocenters. The Bertz CT molecular complexity index is 789. The number of quaternary nitrogens is 1. The van der Waals surface area contributed by atoms with Crippen molar-refractivity contribution in [2.45, 2.75) is 33.7 Å². The molecule has 0 atom stereocenters. The van der Waals surface area contributed by atoms with Crippen LogP contribution in [0.3, 0.4) is 0 Å². The number of aromatic amines is 1. The summed E-state index contributed by atoms with van der Waals surface area (Å²) in [6.45, 7) is 8.94. The number of nitrogens with one attached hydrogen (secondary N) is 1. The maximum atomic E-state index is 4.22. The van der Waals surface area contributed by atoms with Crippen LogP contribution in [0.2, 0.25) is 0 Å². The number of aryl methyl sites for hydroxylation is 1. The first kappa shape index (κ1) is 17.4. The van der Waals surface area contributed by atoms with Crippen LogP contribution < -0.4 is 5.32 Å². The highest BCUT2D eigenvalue weighted by Gasteiger charge is 2.07. The molecule has 25 heavy (non-hydrogen) atoms. The van der Waals surface area contributed by atoms with Gasteiger partial charge in [0.2, 0.25) is 0 Å². The van der Waals surface area contributed by atoms with Gasteiger partial charge in [-0.3, -0.25) is 5.10 Å². The van der Waals surface area contributed by atoms with Gasteiger partial charge in [0.15, 0.2) is 5.82 Å². The fourth-order valence-corrected chi connectivity index (χ4v) is 3.02. The molecule has 0 saturated carbocycles. The molecule has 0 radical (unpaired) electrons. The van der Waals surface area contributed by atoms with Crippen LogP contribution in [0.1, 0.15) is 31.4 Å². The summed E-state index contributed by atoms with van der Waals surface area (Å²) in [6.07, 6.45) is 2.81. The third kappa shape index (κ3) is 4.54. The van der Waals surface area contributed by atoms with Crippen LogP contribution in [-0.4, -0.2) is 21.7 Å². The fourth-order valence-electron chi connectivity index (χ4n) is 3.02. The predicted octanol–water partition coefficient (Wildman–Crippen LogP) is 3.56. The molecule has 0 aliphatic heterocycles. The van der Waals surface area contributed by atoms with Crippen molar-refractivity contribution in [2.75, 3.05) is 6.54 Å². The van der Waals surface area contributed by atoms with Crippen molar-refractivity contribution >= 4 is 0 Å². The van der Waals surface area contributed by atoms with Gasteiger partial charge < -0.3 is 5.32 Å². The number of H-pyrrole nitrogens is 1. The summed E-state index contributed by atoms with van der Waals surface area (Å²) >= 11 is 0. The number of rotatable bonds is 7. The summed E-state index contributed by atoms with van der Waals surface area (Å²) < 4.78 is 0. The van der Waals surface area contributed by atoms with Crippen LogP contribution in [-0.2, 0) is 6.54 Å². The lowest BCUT2D eigenvalue weighted by Gasteiger charge is -2.09. The minimum atomic E-state index is 0.779. The van der Waals surface area contributed by atoms with E-state index >= 15 is 0 Å². The van der Waals surface area contributed by atoms with Gasteiger partial charge in [-0.1, -0.05) is 50.2 Å². The third-order valence-electron chi connectivity index (χ3n) is 4.51. The highest BCUT2D eigenvalue weighted by Crippen LogP contribution is 2.27. The SMILES string of the molecule is Cc1cc(-c2ncn[nH]2)ccc1-c1ccc(C[NH2+]CCC(C)C)cc1. The monoisotopic (exact) mass is 335 g/mol. The number of aromatic nitrogens is 3. The van der Waals surface area contributed by atoms with Crippen LogP contribution in [0.5, 0.6) is 0 Å². The Kier molecular flexibility index (Phi) is 5.61. The standard InChI is InChI=1S/C21H26N4/c1-15(2)10-11-22-13-17-4-6-18(7-5-17)20-9-8-19(12-16(20)3)21-23-14-24-25-21/h4-9,12,14-15,22H,10-11,13H2,1-3H3,(H,23,24,25)/p+1. The van der Waals surface area contributed by atoms with E-state index in [9.17, 15) is 0 Å². The lowest BCUT2D eigenvalue weighted by molar-refractivity contribution is -0.671. The molecule has 3 aromatic rings. The van der Waals surface area contributed by atoms with Crippen molar-refractivity contribution < 1.29 is 5.32 Å². The van der Waals surface area contributed by atoms with E-state index in [2.05, 4.69) is 83.7 Å². The summed E-state index contributed by atoms with van der Waals surface area (Å²) in [7, 11) is 0. The van der Waals surface area contributed by atoms with E-state index in [0.29, 0.717) is 0 Å².